The van der Waals surface area contributed by atoms with Gasteiger partial charge in [-0.2, -0.15) is 4.98 Å². The summed E-state index contributed by atoms with van der Waals surface area (Å²) in [7, 11) is 1.56. The van der Waals surface area contributed by atoms with E-state index >= 15 is 0 Å². The van der Waals surface area contributed by atoms with Crippen molar-refractivity contribution in [1.82, 2.24) is 19.9 Å². The molecule has 63 heavy (non-hydrogen) atoms. The van der Waals surface area contributed by atoms with Crippen molar-refractivity contribution < 1.29 is 23.8 Å². The zero-order valence-electron chi connectivity index (χ0n) is 38.4. The molecule has 2 atom stereocenters. The van der Waals surface area contributed by atoms with Crippen molar-refractivity contribution in [3.8, 4) is 6.01 Å². The van der Waals surface area contributed by atoms with Gasteiger partial charge in [0.2, 0.25) is 5.28 Å². The van der Waals surface area contributed by atoms with E-state index in [-0.39, 0.29) is 17.1 Å². The Balaban J connectivity index is 0.000000238. The molecule has 2 saturated carbocycles. The maximum absolute atomic E-state index is 10.7. The largest absolute Gasteiger partial charge is 0.467 e. The van der Waals surface area contributed by atoms with Gasteiger partial charge in [0.15, 0.2) is 0 Å². The minimum atomic E-state index is 0.0852. The van der Waals surface area contributed by atoms with E-state index in [1.165, 1.54) is 75.6 Å². The van der Waals surface area contributed by atoms with Crippen LogP contribution in [0.2, 0.25) is 5.28 Å². The molecule has 2 aromatic heterocycles. The Hall–Kier alpha value is -5.17. The molecule has 0 saturated heterocycles. The van der Waals surface area contributed by atoms with Crippen molar-refractivity contribution in [1.29, 1.82) is 0 Å². The van der Waals surface area contributed by atoms with E-state index in [1.54, 1.807) is 19.5 Å². The van der Waals surface area contributed by atoms with Crippen molar-refractivity contribution >= 4 is 58.9 Å². The number of benzene rings is 2. The van der Waals surface area contributed by atoms with Crippen molar-refractivity contribution in [2.75, 3.05) is 53.8 Å². The molecule has 2 aliphatic rings. The van der Waals surface area contributed by atoms with Gasteiger partial charge >= 0.3 is 6.01 Å². The number of methoxy groups -OCH3 is 1. The number of halogens is 1. The van der Waals surface area contributed by atoms with Crippen LogP contribution in [-0.4, -0.2) is 78.4 Å². The van der Waals surface area contributed by atoms with Crippen LogP contribution in [0, 0.1) is 11.8 Å². The van der Waals surface area contributed by atoms with Gasteiger partial charge in [0.05, 0.1) is 43.1 Å². The van der Waals surface area contributed by atoms with Gasteiger partial charge in [0.25, 0.3) is 12.9 Å². The molecule has 2 heterocycles. The Morgan fingerprint density at radius 2 is 1.10 bits per heavy atom. The van der Waals surface area contributed by atoms with Gasteiger partial charge in [-0.25, -0.2) is 15.0 Å². The molecule has 4 aromatic rings. The van der Waals surface area contributed by atoms with Crippen LogP contribution < -0.4 is 25.2 Å². The third-order valence-corrected chi connectivity index (χ3v) is 11.9. The average Bonchev–Trinajstić information content (AvgIpc) is 3.29. The lowest BCUT2D eigenvalue weighted by Crippen LogP contribution is -2.39. The highest BCUT2D eigenvalue weighted by Gasteiger charge is 2.27. The molecule has 0 radical (unpaired) electrons. The van der Waals surface area contributed by atoms with Gasteiger partial charge in [-0.3, -0.25) is 9.59 Å². The molecule has 2 aromatic carbocycles. The minimum absolute atomic E-state index is 0.0852. The van der Waals surface area contributed by atoms with E-state index in [2.05, 4.69) is 118 Å². The molecular formula is C49H69ClN8O5. The standard InChI is InChI=1S/C25H36N4O3.C24H33ClN4O2/c1-18(2)15-29(21-8-6-5-7-9-21)23-11-10-20(19(3)16-32-17-30)14-22(23)27-24-12-13-26-25(28-24)31-4;1-17(2)14-29(20-7-5-4-6-8-20)22-10-9-19(18(3)15-31-16-30)13-21(22)27-23-11-12-26-24(25)28-23/h10-14,17-19,21H,5-9,15-16H2,1-4H3,(H,26,27,28);9-13,16-18,20H,4-8,14-15H2,1-3H3,(H,26,27,28). The quantitative estimate of drug-likeness (QED) is 0.0605. The summed E-state index contributed by atoms with van der Waals surface area (Å²) in [5.74, 6) is 2.60. The first kappa shape index (κ1) is 48.9. The Morgan fingerprint density at radius 3 is 1.51 bits per heavy atom. The number of carbonyl (C=O) groups is 2. The average molecular weight is 886 g/mol. The van der Waals surface area contributed by atoms with Crippen LogP contribution in [0.4, 0.5) is 34.4 Å². The summed E-state index contributed by atoms with van der Waals surface area (Å²) in [5, 5.41) is 7.19. The fourth-order valence-electron chi connectivity index (χ4n) is 8.63. The molecular weight excluding hydrogens is 816 g/mol. The molecule has 2 aliphatic carbocycles. The van der Waals surface area contributed by atoms with E-state index in [1.807, 2.05) is 12.1 Å². The summed E-state index contributed by atoms with van der Waals surface area (Å²) < 4.78 is 15.2. The molecule has 0 aliphatic heterocycles. The minimum Gasteiger partial charge on any atom is -0.467 e. The Labute approximate surface area is 380 Å². The van der Waals surface area contributed by atoms with Crippen molar-refractivity contribution in [3.05, 3.63) is 77.3 Å². The van der Waals surface area contributed by atoms with E-state index in [0.717, 1.165) is 35.6 Å². The number of rotatable bonds is 21. The second-order valence-corrected chi connectivity index (χ2v) is 18.1. The van der Waals surface area contributed by atoms with Gasteiger partial charge in [-0.05, 0) is 96.6 Å². The number of nitrogens with one attached hydrogen (secondary N) is 2. The second-order valence-electron chi connectivity index (χ2n) is 17.8. The van der Waals surface area contributed by atoms with Gasteiger partial charge in [0, 0.05) is 49.4 Å². The number of carbonyl (C=O) groups excluding carboxylic acids is 2. The molecule has 342 valence electrons. The van der Waals surface area contributed by atoms with Crippen LogP contribution in [0.3, 0.4) is 0 Å². The molecule has 0 spiro atoms. The number of anilines is 6. The third kappa shape index (κ3) is 15.0. The topological polar surface area (TPSA) is 144 Å². The normalized spacial score (nSPS) is 15.4. The van der Waals surface area contributed by atoms with Crippen LogP contribution in [-0.2, 0) is 19.1 Å². The predicted molar refractivity (Wildman–Crippen MR) is 254 cm³/mol. The smallest absolute Gasteiger partial charge is 0.318 e. The third-order valence-electron chi connectivity index (χ3n) is 11.7. The first-order valence-corrected chi connectivity index (χ1v) is 23.2. The van der Waals surface area contributed by atoms with E-state index in [9.17, 15) is 9.59 Å². The van der Waals surface area contributed by atoms with Gasteiger partial charge in [0.1, 0.15) is 11.6 Å². The van der Waals surface area contributed by atoms with Crippen LogP contribution in [0.15, 0.2) is 60.9 Å². The van der Waals surface area contributed by atoms with Crippen molar-refractivity contribution in [3.63, 3.8) is 0 Å². The van der Waals surface area contributed by atoms with Crippen LogP contribution in [0.25, 0.3) is 0 Å². The van der Waals surface area contributed by atoms with Gasteiger partial charge < -0.3 is 34.6 Å². The summed E-state index contributed by atoms with van der Waals surface area (Å²) in [6.45, 7) is 16.9. The maximum atomic E-state index is 10.7. The Bertz CT molecular complexity index is 2010. The summed E-state index contributed by atoms with van der Waals surface area (Å²) >= 11 is 6.02. The highest BCUT2D eigenvalue weighted by molar-refractivity contribution is 6.28. The number of ether oxygens (including phenoxy) is 3. The Morgan fingerprint density at radius 1 is 0.651 bits per heavy atom. The van der Waals surface area contributed by atoms with Gasteiger partial charge in [-0.15, -0.1) is 0 Å². The highest BCUT2D eigenvalue weighted by Crippen LogP contribution is 2.38. The molecule has 2 fully saturated rings. The molecule has 2 N–H and O–H groups in total. The SMILES string of the molecule is CC(C)CN(c1ccc(C(C)COC=O)cc1Nc1ccnc(Cl)n1)C1CCCCC1.COc1nccc(Nc2cc(C(C)COC=O)ccc2N(CC(C)C)C2CCCCC2)n1. The zero-order chi connectivity index (χ0) is 45.1. The molecule has 6 rings (SSSR count). The van der Waals surface area contributed by atoms with E-state index < -0.39 is 0 Å². The summed E-state index contributed by atoms with van der Waals surface area (Å²) in [4.78, 5) is 43.3. The number of nitrogens with zero attached hydrogens (tertiary/aromatic N) is 6. The van der Waals surface area contributed by atoms with E-state index in [4.69, 9.17) is 25.8 Å². The Kier molecular flexibility index (Phi) is 19.5. The zero-order valence-corrected chi connectivity index (χ0v) is 39.2. The fraction of sp³-hybridized carbons (Fsp3) is 0.551. The number of aromatic nitrogens is 4. The predicted octanol–water partition coefficient (Wildman–Crippen LogP) is 11.2. The van der Waals surface area contributed by atoms with Crippen LogP contribution in [0.1, 0.15) is 129 Å². The van der Waals surface area contributed by atoms with Crippen LogP contribution >= 0.6 is 11.6 Å². The van der Waals surface area contributed by atoms with Crippen LogP contribution in [0.5, 0.6) is 6.01 Å². The summed E-state index contributed by atoms with van der Waals surface area (Å²) in [6.07, 6.45) is 16.0. The second kappa shape index (κ2) is 25.2. The molecule has 13 nitrogen and oxygen atoms in total. The molecule has 0 amide bonds. The first-order chi connectivity index (χ1) is 30.5. The number of hydrogen-bond acceptors (Lipinski definition) is 13. The number of hydrogen-bond donors (Lipinski definition) is 2. The lowest BCUT2D eigenvalue weighted by molar-refractivity contribution is -0.129. The lowest BCUT2D eigenvalue weighted by Gasteiger charge is -2.38. The lowest BCUT2D eigenvalue weighted by atomic mass is 9.92. The summed E-state index contributed by atoms with van der Waals surface area (Å²) in [6, 6.07) is 18.0. The van der Waals surface area contributed by atoms with E-state index in [0.29, 0.717) is 67.7 Å². The maximum Gasteiger partial charge on any atom is 0.318 e. The molecule has 2 unspecified atom stereocenters. The first-order valence-electron chi connectivity index (χ1n) is 22.8. The molecule has 14 heteroatoms. The van der Waals surface area contributed by atoms with Crippen molar-refractivity contribution in [2.45, 2.75) is 130 Å². The summed E-state index contributed by atoms with van der Waals surface area (Å²) in [5.41, 5.74) is 6.52. The van der Waals surface area contributed by atoms with Crippen molar-refractivity contribution in [2.24, 2.45) is 11.8 Å². The highest BCUT2D eigenvalue weighted by atomic mass is 35.5. The molecule has 0 bridgehead atoms. The fourth-order valence-corrected chi connectivity index (χ4v) is 8.78. The monoisotopic (exact) mass is 885 g/mol. The van der Waals surface area contributed by atoms with Gasteiger partial charge in [-0.1, -0.05) is 92.2 Å².